The number of amides is 2. The molecule has 0 unspecified atom stereocenters. The number of carbonyl (C=O) groups is 2. The summed E-state index contributed by atoms with van der Waals surface area (Å²) in [6.07, 6.45) is -3.69. The first-order valence-electron chi connectivity index (χ1n) is 6.56. The molecule has 0 aromatic heterocycles. The summed E-state index contributed by atoms with van der Waals surface area (Å²) in [6, 6.07) is -0.641. The number of hydrogen-bond acceptors (Lipinski definition) is 3. The molecule has 3 N–H and O–H groups in total. The summed E-state index contributed by atoms with van der Waals surface area (Å²) in [5, 5.41) is 13.9. The Morgan fingerprint density at radius 3 is 2.14 bits per heavy atom. The highest BCUT2D eigenvalue weighted by Crippen LogP contribution is 2.25. The van der Waals surface area contributed by atoms with Gasteiger partial charge < -0.3 is 20.5 Å². The fourth-order valence-electron chi connectivity index (χ4n) is 1.61. The summed E-state index contributed by atoms with van der Waals surface area (Å²) >= 11 is 0. The summed E-state index contributed by atoms with van der Waals surface area (Å²) in [5.74, 6) is -0.999. The number of hydrogen-bond donors (Lipinski definition) is 3. The highest BCUT2D eigenvalue weighted by Gasteiger charge is 2.35. The Hall–Kier alpha value is -1.51. The fraction of sp³-hybridized carbons (Fsp3) is 0.833. The van der Waals surface area contributed by atoms with E-state index in [1.807, 2.05) is 0 Å². The second-order valence-electron chi connectivity index (χ2n) is 4.57. The molecule has 0 saturated heterocycles. The van der Waals surface area contributed by atoms with Crippen molar-refractivity contribution in [3.05, 3.63) is 0 Å². The van der Waals surface area contributed by atoms with E-state index in [9.17, 15) is 22.8 Å². The molecule has 0 fully saturated rings. The van der Waals surface area contributed by atoms with Crippen LogP contribution in [0.15, 0.2) is 0 Å². The predicted octanol–water partition coefficient (Wildman–Crippen LogP) is 1.76. The van der Waals surface area contributed by atoms with E-state index in [1.165, 1.54) is 0 Å². The molecule has 0 spiro atoms. The van der Waals surface area contributed by atoms with Gasteiger partial charge in [-0.2, -0.15) is 13.2 Å². The first-order valence-corrected chi connectivity index (χ1v) is 6.56. The van der Waals surface area contributed by atoms with Crippen LogP contribution in [0.3, 0.4) is 0 Å². The van der Waals surface area contributed by atoms with E-state index in [4.69, 9.17) is 5.11 Å². The van der Waals surface area contributed by atoms with Crippen LogP contribution in [0, 0.1) is 5.41 Å². The van der Waals surface area contributed by atoms with Crippen molar-refractivity contribution in [2.24, 2.45) is 5.41 Å². The molecule has 0 aliphatic carbocycles. The first kappa shape index (κ1) is 19.5. The average molecular weight is 314 g/mol. The van der Waals surface area contributed by atoms with Crippen molar-refractivity contribution in [2.75, 3.05) is 26.3 Å². The average Bonchev–Trinajstić information content (AvgIpc) is 2.38. The second kappa shape index (κ2) is 8.71. The van der Waals surface area contributed by atoms with Crippen LogP contribution in [0.5, 0.6) is 0 Å². The van der Waals surface area contributed by atoms with Crippen molar-refractivity contribution in [1.82, 2.24) is 10.6 Å². The van der Waals surface area contributed by atoms with Gasteiger partial charge in [-0.25, -0.2) is 4.79 Å². The van der Waals surface area contributed by atoms with Crippen LogP contribution in [0.2, 0.25) is 0 Å². The van der Waals surface area contributed by atoms with E-state index in [2.05, 4.69) is 15.4 Å². The molecule has 0 bridgehead atoms. The quantitative estimate of drug-likeness (QED) is 0.566. The number of alkyl halides is 3. The maximum Gasteiger partial charge on any atom is 0.411 e. The third-order valence-electron chi connectivity index (χ3n) is 3.19. The highest BCUT2D eigenvalue weighted by molar-refractivity contribution is 5.78. The zero-order valence-corrected chi connectivity index (χ0v) is 12.0. The monoisotopic (exact) mass is 314 g/mol. The summed E-state index contributed by atoms with van der Waals surface area (Å²) in [7, 11) is 0. The van der Waals surface area contributed by atoms with Crippen LogP contribution >= 0.6 is 0 Å². The van der Waals surface area contributed by atoms with Gasteiger partial charge in [-0.15, -0.1) is 0 Å². The second-order valence-corrected chi connectivity index (χ2v) is 4.57. The molecule has 0 aliphatic heterocycles. The number of ether oxygens (including phenoxy) is 1. The first-order chi connectivity index (χ1) is 9.67. The van der Waals surface area contributed by atoms with Crippen molar-refractivity contribution >= 4 is 12.0 Å². The van der Waals surface area contributed by atoms with Gasteiger partial charge >= 0.3 is 18.2 Å². The Labute approximate surface area is 121 Å². The van der Waals surface area contributed by atoms with Crippen LogP contribution < -0.4 is 10.6 Å². The largest absolute Gasteiger partial charge is 0.481 e. The van der Waals surface area contributed by atoms with Gasteiger partial charge in [0.2, 0.25) is 0 Å². The maximum atomic E-state index is 11.8. The third-order valence-corrected chi connectivity index (χ3v) is 3.19. The molecule has 0 atom stereocenters. The van der Waals surface area contributed by atoms with Crippen molar-refractivity contribution < 1.29 is 32.6 Å². The van der Waals surface area contributed by atoms with E-state index in [1.54, 1.807) is 13.8 Å². The molecule has 0 aliphatic rings. The zero-order chi connectivity index (χ0) is 16.5. The minimum absolute atomic E-state index is 0.0510. The number of aliphatic carboxylic acids is 1. The molecular formula is C12H21F3N2O4. The van der Waals surface area contributed by atoms with Crippen molar-refractivity contribution in [1.29, 1.82) is 0 Å². The van der Waals surface area contributed by atoms with Gasteiger partial charge in [0.05, 0.1) is 12.0 Å². The SMILES string of the molecule is CCC(CC)(CNC(=O)NCCOCC(F)(F)F)C(=O)O. The molecule has 9 heteroatoms. The minimum Gasteiger partial charge on any atom is -0.481 e. The predicted molar refractivity (Wildman–Crippen MR) is 68.9 cm³/mol. The standard InChI is InChI=1S/C12H21F3N2O4/c1-3-11(4-2,9(18)19)7-17-10(20)16-5-6-21-8-12(13,14)15/h3-8H2,1-2H3,(H,18,19)(H2,16,17,20). The molecule has 0 aromatic carbocycles. The topological polar surface area (TPSA) is 87.7 Å². The van der Waals surface area contributed by atoms with Crippen LogP contribution in [0.4, 0.5) is 18.0 Å². The molecule has 0 rings (SSSR count). The molecule has 124 valence electrons. The lowest BCUT2D eigenvalue weighted by atomic mass is 9.82. The number of carboxylic acid groups (broad SMARTS) is 1. The Kier molecular flexibility index (Phi) is 8.08. The van der Waals surface area contributed by atoms with Crippen LogP contribution in [-0.4, -0.2) is 49.6 Å². The molecule has 2 amide bonds. The number of nitrogens with one attached hydrogen (secondary N) is 2. The van der Waals surface area contributed by atoms with Gasteiger partial charge in [-0.3, -0.25) is 4.79 Å². The fourth-order valence-corrected chi connectivity index (χ4v) is 1.61. The van der Waals surface area contributed by atoms with E-state index >= 15 is 0 Å². The molecule has 0 aromatic rings. The van der Waals surface area contributed by atoms with Gasteiger partial charge in [0.25, 0.3) is 0 Å². The summed E-state index contributed by atoms with van der Waals surface area (Å²) in [5.41, 5.74) is -1.04. The van der Waals surface area contributed by atoms with Crippen molar-refractivity contribution in [3.8, 4) is 0 Å². The van der Waals surface area contributed by atoms with Gasteiger partial charge in [0, 0.05) is 13.1 Å². The Morgan fingerprint density at radius 2 is 1.71 bits per heavy atom. The smallest absolute Gasteiger partial charge is 0.411 e. The Bertz CT molecular complexity index is 344. The van der Waals surface area contributed by atoms with Crippen LogP contribution in [0.25, 0.3) is 0 Å². The van der Waals surface area contributed by atoms with E-state index < -0.39 is 30.2 Å². The number of urea groups is 1. The zero-order valence-electron chi connectivity index (χ0n) is 12.0. The summed E-state index contributed by atoms with van der Waals surface area (Å²) in [6.45, 7) is 1.62. The van der Waals surface area contributed by atoms with Crippen LogP contribution in [0.1, 0.15) is 26.7 Å². The normalized spacial score (nSPS) is 12.0. The van der Waals surface area contributed by atoms with Gasteiger partial charge in [0.15, 0.2) is 0 Å². The van der Waals surface area contributed by atoms with Crippen molar-refractivity contribution in [2.45, 2.75) is 32.9 Å². The Balaban J connectivity index is 3.97. The number of rotatable bonds is 9. The number of carbonyl (C=O) groups excluding carboxylic acids is 1. The van der Waals surface area contributed by atoms with E-state index in [0.717, 1.165) is 0 Å². The lowest BCUT2D eigenvalue weighted by Gasteiger charge is -2.26. The minimum atomic E-state index is -4.40. The maximum absolute atomic E-state index is 11.8. The van der Waals surface area contributed by atoms with Crippen molar-refractivity contribution in [3.63, 3.8) is 0 Å². The highest BCUT2D eigenvalue weighted by atomic mass is 19.4. The van der Waals surface area contributed by atoms with E-state index in [-0.39, 0.29) is 19.7 Å². The van der Waals surface area contributed by atoms with Crippen LogP contribution in [-0.2, 0) is 9.53 Å². The lowest BCUT2D eigenvalue weighted by Crippen LogP contribution is -2.46. The van der Waals surface area contributed by atoms with E-state index in [0.29, 0.717) is 12.8 Å². The summed E-state index contributed by atoms with van der Waals surface area (Å²) in [4.78, 5) is 22.6. The third kappa shape index (κ3) is 7.74. The molecule has 6 nitrogen and oxygen atoms in total. The molecule has 0 saturated carbocycles. The lowest BCUT2D eigenvalue weighted by molar-refractivity contribution is -0.173. The van der Waals surface area contributed by atoms with Gasteiger partial charge in [-0.1, -0.05) is 13.8 Å². The van der Waals surface area contributed by atoms with Gasteiger partial charge in [-0.05, 0) is 12.8 Å². The molecular weight excluding hydrogens is 293 g/mol. The number of carboxylic acids is 1. The molecule has 0 heterocycles. The van der Waals surface area contributed by atoms with Gasteiger partial charge in [0.1, 0.15) is 6.61 Å². The molecule has 21 heavy (non-hydrogen) atoms. The Morgan fingerprint density at radius 1 is 1.14 bits per heavy atom. The molecule has 0 radical (unpaired) electrons. The number of halogens is 3. The summed E-state index contributed by atoms with van der Waals surface area (Å²) < 4.78 is 39.6.